The molecule has 0 spiro atoms. The van der Waals surface area contributed by atoms with Crippen LogP contribution in [-0.4, -0.2) is 10.9 Å². The van der Waals surface area contributed by atoms with Gasteiger partial charge in [-0.1, -0.05) is 49.6 Å². The van der Waals surface area contributed by atoms with Gasteiger partial charge in [0.1, 0.15) is 5.82 Å². The smallest absolute Gasteiger partial charge is 0.236 e. The lowest BCUT2D eigenvalue weighted by molar-refractivity contribution is -0.119. The summed E-state index contributed by atoms with van der Waals surface area (Å²) in [6, 6.07) is 5.59. The summed E-state index contributed by atoms with van der Waals surface area (Å²) in [6.07, 6.45) is 10.7. The van der Waals surface area contributed by atoms with Crippen LogP contribution >= 0.6 is 0 Å². The van der Waals surface area contributed by atoms with Crippen LogP contribution in [0.4, 0.5) is 5.82 Å². The number of hydrogen-bond acceptors (Lipinski definition) is 2. The standard InChI is InChI=1S/C18H20N2O/c1-4-6-10-15(8-5-2)18(12-13-18)17(21)20-16-11-7-9-14(3)19-16/h4-11H,1-2,12-13H2,3H3,(H,19,20,21)/b10-6-,15-8+. The highest BCUT2D eigenvalue weighted by molar-refractivity contribution is 5.99. The number of carbonyl (C=O) groups is 1. The van der Waals surface area contributed by atoms with E-state index >= 15 is 0 Å². The number of amides is 1. The predicted octanol–water partition coefficient (Wildman–Crippen LogP) is 3.96. The molecule has 0 unspecified atom stereocenters. The summed E-state index contributed by atoms with van der Waals surface area (Å²) < 4.78 is 0. The van der Waals surface area contributed by atoms with Crippen LogP contribution in [0.5, 0.6) is 0 Å². The van der Waals surface area contributed by atoms with E-state index in [1.54, 1.807) is 18.2 Å². The first-order valence-corrected chi connectivity index (χ1v) is 7.00. The first-order valence-electron chi connectivity index (χ1n) is 7.00. The molecule has 2 rings (SSSR count). The molecule has 1 aliphatic rings. The van der Waals surface area contributed by atoms with Crippen LogP contribution in [0.15, 0.2) is 67.3 Å². The van der Waals surface area contributed by atoms with E-state index in [2.05, 4.69) is 23.5 Å². The molecule has 0 bridgehead atoms. The lowest BCUT2D eigenvalue weighted by Crippen LogP contribution is -2.26. The number of carbonyl (C=O) groups excluding carboxylic acids is 1. The van der Waals surface area contributed by atoms with Crippen molar-refractivity contribution in [1.29, 1.82) is 0 Å². The van der Waals surface area contributed by atoms with Crippen molar-refractivity contribution < 1.29 is 4.79 Å². The SMILES string of the molecule is C=C/C=C\C(=C/C=C)C1(C(=O)Nc2cccc(C)n2)CC1. The normalized spacial score (nSPS) is 16.5. The highest BCUT2D eigenvalue weighted by Crippen LogP contribution is 2.53. The van der Waals surface area contributed by atoms with Crippen molar-refractivity contribution in [3.63, 3.8) is 0 Å². The van der Waals surface area contributed by atoms with Gasteiger partial charge in [0.25, 0.3) is 0 Å². The lowest BCUT2D eigenvalue weighted by Gasteiger charge is -2.16. The summed E-state index contributed by atoms with van der Waals surface area (Å²) in [5, 5.41) is 2.92. The van der Waals surface area contributed by atoms with Crippen molar-refractivity contribution in [2.24, 2.45) is 5.41 Å². The lowest BCUT2D eigenvalue weighted by atomic mass is 9.93. The summed E-state index contributed by atoms with van der Waals surface area (Å²) in [5.41, 5.74) is 1.38. The first-order chi connectivity index (χ1) is 10.1. The second-order valence-electron chi connectivity index (χ2n) is 5.15. The zero-order valence-corrected chi connectivity index (χ0v) is 12.3. The van der Waals surface area contributed by atoms with Gasteiger partial charge in [-0.05, 0) is 37.5 Å². The molecule has 1 aromatic rings. The number of anilines is 1. The van der Waals surface area contributed by atoms with Crippen molar-refractivity contribution in [2.45, 2.75) is 19.8 Å². The van der Waals surface area contributed by atoms with Gasteiger partial charge in [-0.25, -0.2) is 4.98 Å². The van der Waals surface area contributed by atoms with Crippen LogP contribution in [0, 0.1) is 12.3 Å². The molecule has 0 saturated heterocycles. The van der Waals surface area contributed by atoms with Crippen LogP contribution in [0.1, 0.15) is 18.5 Å². The van der Waals surface area contributed by atoms with E-state index < -0.39 is 5.41 Å². The predicted molar refractivity (Wildman–Crippen MR) is 86.9 cm³/mol. The second-order valence-corrected chi connectivity index (χ2v) is 5.15. The molecule has 0 aliphatic heterocycles. The number of rotatable bonds is 6. The Morgan fingerprint density at radius 2 is 2.10 bits per heavy atom. The molecule has 1 aliphatic carbocycles. The highest BCUT2D eigenvalue weighted by atomic mass is 16.2. The minimum Gasteiger partial charge on any atom is -0.310 e. The topological polar surface area (TPSA) is 42.0 Å². The molecule has 21 heavy (non-hydrogen) atoms. The minimum absolute atomic E-state index is 0.0117. The first kappa shape index (κ1) is 15.0. The Balaban J connectivity index is 2.20. The van der Waals surface area contributed by atoms with E-state index in [0.29, 0.717) is 5.82 Å². The van der Waals surface area contributed by atoms with Crippen molar-refractivity contribution in [3.05, 3.63) is 73.0 Å². The van der Waals surface area contributed by atoms with Gasteiger partial charge < -0.3 is 5.32 Å². The summed E-state index contributed by atoms with van der Waals surface area (Å²) in [5.74, 6) is 0.583. The van der Waals surface area contributed by atoms with E-state index in [4.69, 9.17) is 0 Å². The fourth-order valence-electron chi connectivity index (χ4n) is 2.29. The molecular weight excluding hydrogens is 260 g/mol. The molecule has 1 saturated carbocycles. The number of hydrogen-bond donors (Lipinski definition) is 1. The van der Waals surface area contributed by atoms with Gasteiger partial charge in [-0.3, -0.25) is 4.79 Å². The molecule has 3 nitrogen and oxygen atoms in total. The monoisotopic (exact) mass is 280 g/mol. The largest absolute Gasteiger partial charge is 0.310 e. The van der Waals surface area contributed by atoms with E-state index in [9.17, 15) is 4.79 Å². The maximum absolute atomic E-state index is 12.6. The zero-order valence-electron chi connectivity index (χ0n) is 12.3. The number of nitrogens with one attached hydrogen (secondary N) is 1. The number of aromatic nitrogens is 1. The molecule has 1 aromatic heterocycles. The zero-order chi connectivity index (χ0) is 15.3. The van der Waals surface area contributed by atoms with Gasteiger partial charge in [0, 0.05) is 5.69 Å². The molecule has 1 N–H and O–H groups in total. The van der Waals surface area contributed by atoms with E-state index in [0.717, 1.165) is 24.1 Å². The molecule has 0 aromatic carbocycles. The Hall–Kier alpha value is -2.42. The van der Waals surface area contributed by atoms with Gasteiger partial charge in [-0.15, -0.1) is 0 Å². The Bertz CT molecular complexity index is 622. The molecule has 0 radical (unpaired) electrons. The molecule has 0 atom stereocenters. The third-order valence-corrected chi connectivity index (χ3v) is 3.58. The Morgan fingerprint density at radius 3 is 2.67 bits per heavy atom. The maximum Gasteiger partial charge on any atom is 0.236 e. The van der Waals surface area contributed by atoms with Gasteiger partial charge in [0.2, 0.25) is 5.91 Å². The fourth-order valence-corrected chi connectivity index (χ4v) is 2.29. The molecular formula is C18H20N2O. The third-order valence-electron chi connectivity index (χ3n) is 3.58. The van der Waals surface area contributed by atoms with Gasteiger partial charge in [0.05, 0.1) is 5.41 Å². The maximum atomic E-state index is 12.6. The van der Waals surface area contributed by atoms with Crippen LogP contribution < -0.4 is 5.32 Å². The number of nitrogens with zero attached hydrogens (tertiary/aromatic N) is 1. The molecule has 1 heterocycles. The third kappa shape index (κ3) is 3.37. The number of pyridine rings is 1. The average molecular weight is 280 g/mol. The van der Waals surface area contributed by atoms with Crippen molar-refractivity contribution in [1.82, 2.24) is 4.98 Å². The Morgan fingerprint density at radius 1 is 1.33 bits per heavy atom. The van der Waals surface area contributed by atoms with Crippen LogP contribution in [0.25, 0.3) is 0 Å². The van der Waals surface area contributed by atoms with Crippen LogP contribution in [0.2, 0.25) is 0 Å². The second kappa shape index (κ2) is 6.35. The van der Waals surface area contributed by atoms with Gasteiger partial charge >= 0.3 is 0 Å². The van der Waals surface area contributed by atoms with E-state index in [1.807, 2.05) is 37.3 Å². The molecule has 108 valence electrons. The fraction of sp³-hybridized carbons (Fsp3) is 0.222. The van der Waals surface area contributed by atoms with Crippen LogP contribution in [0.3, 0.4) is 0 Å². The van der Waals surface area contributed by atoms with E-state index in [1.165, 1.54) is 0 Å². The summed E-state index contributed by atoms with van der Waals surface area (Å²) in [4.78, 5) is 16.9. The quantitative estimate of drug-likeness (QED) is 0.801. The van der Waals surface area contributed by atoms with Crippen LogP contribution in [-0.2, 0) is 4.79 Å². The minimum atomic E-state index is -0.459. The van der Waals surface area contributed by atoms with Gasteiger partial charge in [0.15, 0.2) is 0 Å². The average Bonchev–Trinajstić information content (AvgIpc) is 3.25. The van der Waals surface area contributed by atoms with Crippen molar-refractivity contribution in [3.8, 4) is 0 Å². The van der Waals surface area contributed by atoms with E-state index in [-0.39, 0.29) is 5.91 Å². The number of aryl methyl sites for hydroxylation is 1. The van der Waals surface area contributed by atoms with Gasteiger partial charge in [-0.2, -0.15) is 0 Å². The van der Waals surface area contributed by atoms with Crippen molar-refractivity contribution >= 4 is 11.7 Å². The summed E-state index contributed by atoms with van der Waals surface area (Å²) >= 11 is 0. The number of allylic oxidation sites excluding steroid dienone is 5. The summed E-state index contributed by atoms with van der Waals surface area (Å²) in [7, 11) is 0. The highest BCUT2D eigenvalue weighted by Gasteiger charge is 2.51. The molecule has 1 fully saturated rings. The summed E-state index contributed by atoms with van der Waals surface area (Å²) in [6.45, 7) is 9.29. The Kier molecular flexibility index (Phi) is 4.53. The molecule has 3 heteroatoms. The van der Waals surface area contributed by atoms with Crippen molar-refractivity contribution in [2.75, 3.05) is 5.32 Å². The molecule has 1 amide bonds. The Labute approximate surface area is 125 Å².